The number of hydrogen-bond acceptors (Lipinski definition) is 4. The van der Waals surface area contributed by atoms with Gasteiger partial charge in [0.2, 0.25) is 5.91 Å². The van der Waals surface area contributed by atoms with E-state index in [-0.39, 0.29) is 23.4 Å². The van der Waals surface area contributed by atoms with Crippen molar-refractivity contribution in [3.05, 3.63) is 58.3 Å². The normalized spacial score (nSPS) is 15.0. The van der Waals surface area contributed by atoms with E-state index in [9.17, 15) is 14.0 Å². The number of carbonyl (C=O) groups is 1. The van der Waals surface area contributed by atoms with Crippen molar-refractivity contribution in [2.75, 3.05) is 18.8 Å². The molecular weight excluding hydrogens is 367 g/mol. The first-order valence-corrected chi connectivity index (χ1v) is 9.91. The molecule has 0 saturated carbocycles. The maximum absolute atomic E-state index is 12.9. The number of pyridine rings is 1. The Bertz CT molecular complexity index is 859. The van der Waals surface area contributed by atoms with Crippen molar-refractivity contribution in [3.8, 4) is 5.75 Å². The average molecular weight is 390 g/mol. The molecule has 1 aromatic carbocycles. The number of benzene rings is 1. The molecule has 1 amide bonds. The molecule has 1 fully saturated rings. The molecule has 5 nitrogen and oxygen atoms in total. The zero-order valence-corrected chi connectivity index (χ0v) is 16.3. The van der Waals surface area contributed by atoms with Crippen LogP contribution in [0.25, 0.3) is 0 Å². The van der Waals surface area contributed by atoms with Crippen molar-refractivity contribution >= 4 is 17.7 Å². The molecule has 7 heteroatoms. The SMILES string of the molecule is Cc1cc(OC2CCN(C(=O)CSc3ccc(F)cc3)CC2)cc(=O)n1C. The first-order chi connectivity index (χ1) is 12.9. The Hall–Kier alpha value is -2.28. The van der Waals surface area contributed by atoms with Gasteiger partial charge in [0.25, 0.3) is 5.56 Å². The second kappa shape index (κ2) is 8.61. The second-order valence-corrected chi connectivity index (χ2v) is 7.72. The number of amides is 1. The van der Waals surface area contributed by atoms with Crippen LogP contribution in [-0.4, -0.2) is 40.3 Å². The molecule has 3 rings (SSSR count). The number of ether oxygens (including phenoxy) is 1. The summed E-state index contributed by atoms with van der Waals surface area (Å²) in [7, 11) is 1.73. The molecule has 0 radical (unpaired) electrons. The number of aromatic nitrogens is 1. The van der Waals surface area contributed by atoms with Gasteiger partial charge in [-0.1, -0.05) is 0 Å². The molecule has 1 aliphatic rings. The zero-order valence-electron chi connectivity index (χ0n) is 15.5. The number of carbonyl (C=O) groups excluding carboxylic acids is 1. The molecule has 2 aromatic rings. The molecular formula is C20H23FN2O3S. The van der Waals surface area contributed by atoms with E-state index in [0.717, 1.165) is 23.4 Å². The number of thioether (sulfide) groups is 1. The van der Waals surface area contributed by atoms with E-state index in [4.69, 9.17) is 4.74 Å². The Morgan fingerprint density at radius 3 is 2.52 bits per heavy atom. The predicted octanol–water partition coefficient (Wildman–Crippen LogP) is 2.99. The average Bonchev–Trinajstić information content (AvgIpc) is 2.66. The zero-order chi connectivity index (χ0) is 19.4. The van der Waals surface area contributed by atoms with E-state index < -0.39 is 0 Å². The summed E-state index contributed by atoms with van der Waals surface area (Å²) in [5.41, 5.74) is 0.762. The third-order valence-electron chi connectivity index (χ3n) is 4.75. The summed E-state index contributed by atoms with van der Waals surface area (Å²) in [4.78, 5) is 27.0. The third kappa shape index (κ3) is 5.13. The molecule has 0 spiro atoms. The van der Waals surface area contributed by atoms with Crippen LogP contribution in [0.3, 0.4) is 0 Å². The van der Waals surface area contributed by atoms with Crippen molar-refractivity contribution < 1.29 is 13.9 Å². The number of hydrogen-bond donors (Lipinski definition) is 0. The lowest BCUT2D eigenvalue weighted by Gasteiger charge is -2.32. The van der Waals surface area contributed by atoms with Crippen LogP contribution >= 0.6 is 11.8 Å². The summed E-state index contributed by atoms with van der Waals surface area (Å²) in [5, 5.41) is 0. The van der Waals surface area contributed by atoms with Gasteiger partial charge in [0, 0.05) is 49.6 Å². The fourth-order valence-electron chi connectivity index (χ4n) is 2.99. The molecule has 1 aromatic heterocycles. The molecule has 0 unspecified atom stereocenters. The van der Waals surface area contributed by atoms with Gasteiger partial charge in [-0.2, -0.15) is 0 Å². The minimum Gasteiger partial charge on any atom is -0.490 e. The van der Waals surface area contributed by atoms with Gasteiger partial charge >= 0.3 is 0 Å². The Morgan fingerprint density at radius 2 is 1.89 bits per heavy atom. The van der Waals surface area contributed by atoms with E-state index in [1.165, 1.54) is 30.0 Å². The summed E-state index contributed by atoms with van der Waals surface area (Å²) >= 11 is 1.41. The van der Waals surface area contributed by atoms with Gasteiger partial charge in [0.1, 0.15) is 17.7 Å². The number of nitrogens with zero attached hydrogens (tertiary/aromatic N) is 2. The minimum atomic E-state index is -0.279. The summed E-state index contributed by atoms with van der Waals surface area (Å²) in [6.07, 6.45) is 1.48. The fourth-order valence-corrected chi connectivity index (χ4v) is 3.79. The molecule has 0 atom stereocenters. The number of piperidine rings is 1. The van der Waals surface area contributed by atoms with Gasteiger partial charge < -0.3 is 14.2 Å². The van der Waals surface area contributed by atoms with E-state index in [1.54, 1.807) is 23.7 Å². The monoisotopic (exact) mass is 390 g/mol. The number of halogens is 1. The topological polar surface area (TPSA) is 51.5 Å². The highest BCUT2D eigenvalue weighted by Crippen LogP contribution is 2.22. The molecule has 1 saturated heterocycles. The van der Waals surface area contributed by atoms with Gasteiger partial charge in [0.15, 0.2) is 0 Å². The Labute approximate surface area is 162 Å². The van der Waals surface area contributed by atoms with Crippen molar-refractivity contribution in [2.24, 2.45) is 7.05 Å². The van der Waals surface area contributed by atoms with E-state index in [1.807, 2.05) is 17.9 Å². The lowest BCUT2D eigenvalue weighted by atomic mass is 10.1. The smallest absolute Gasteiger partial charge is 0.254 e. The molecule has 144 valence electrons. The van der Waals surface area contributed by atoms with Gasteiger partial charge in [-0.25, -0.2) is 4.39 Å². The van der Waals surface area contributed by atoms with Crippen LogP contribution in [0.15, 0.2) is 46.1 Å². The summed E-state index contributed by atoms with van der Waals surface area (Å²) in [6, 6.07) is 9.52. The Morgan fingerprint density at radius 1 is 1.22 bits per heavy atom. The van der Waals surface area contributed by atoms with Crippen molar-refractivity contribution in [3.63, 3.8) is 0 Å². The lowest BCUT2D eigenvalue weighted by molar-refractivity contribution is -0.130. The predicted molar refractivity (Wildman–Crippen MR) is 104 cm³/mol. The fraction of sp³-hybridized carbons (Fsp3) is 0.400. The molecule has 27 heavy (non-hydrogen) atoms. The third-order valence-corrected chi connectivity index (χ3v) is 5.75. The van der Waals surface area contributed by atoms with E-state index in [2.05, 4.69) is 0 Å². The molecule has 0 N–H and O–H groups in total. The van der Waals surface area contributed by atoms with Crippen molar-refractivity contribution in [1.82, 2.24) is 9.47 Å². The largest absolute Gasteiger partial charge is 0.490 e. The van der Waals surface area contributed by atoms with Crippen molar-refractivity contribution in [1.29, 1.82) is 0 Å². The van der Waals surface area contributed by atoms with Gasteiger partial charge in [-0.3, -0.25) is 9.59 Å². The van der Waals surface area contributed by atoms with Crippen LogP contribution in [0.2, 0.25) is 0 Å². The van der Waals surface area contributed by atoms with E-state index in [0.29, 0.717) is 24.6 Å². The van der Waals surface area contributed by atoms with Crippen LogP contribution in [0.4, 0.5) is 4.39 Å². The number of rotatable bonds is 5. The maximum Gasteiger partial charge on any atom is 0.254 e. The van der Waals surface area contributed by atoms with Crippen LogP contribution in [0.5, 0.6) is 5.75 Å². The maximum atomic E-state index is 12.9. The summed E-state index contributed by atoms with van der Waals surface area (Å²) in [6.45, 7) is 3.14. The number of likely N-dealkylation sites (tertiary alicyclic amines) is 1. The van der Waals surface area contributed by atoms with Gasteiger partial charge in [-0.15, -0.1) is 11.8 Å². The number of aryl methyl sites for hydroxylation is 1. The van der Waals surface area contributed by atoms with E-state index >= 15 is 0 Å². The van der Waals surface area contributed by atoms with Gasteiger partial charge in [0.05, 0.1) is 5.75 Å². The Kier molecular flexibility index (Phi) is 6.21. The summed E-state index contributed by atoms with van der Waals surface area (Å²) in [5.74, 6) is 0.726. The second-order valence-electron chi connectivity index (χ2n) is 6.67. The standard InChI is InChI=1S/C20H23FN2O3S/c1-14-11-17(12-19(24)22(14)2)26-16-7-9-23(10-8-16)20(25)13-27-18-5-3-15(21)4-6-18/h3-6,11-12,16H,7-10,13H2,1-2H3. The summed E-state index contributed by atoms with van der Waals surface area (Å²) < 4.78 is 20.4. The van der Waals surface area contributed by atoms with Gasteiger partial charge in [-0.05, 0) is 37.3 Å². The minimum absolute atomic E-state index is 0.00491. The Balaban J connectivity index is 1.47. The molecule has 0 bridgehead atoms. The lowest BCUT2D eigenvalue weighted by Crippen LogP contribution is -2.42. The molecule has 0 aliphatic carbocycles. The van der Waals surface area contributed by atoms with Crippen LogP contribution in [0.1, 0.15) is 18.5 Å². The first-order valence-electron chi connectivity index (χ1n) is 8.93. The highest BCUT2D eigenvalue weighted by Gasteiger charge is 2.24. The van der Waals surface area contributed by atoms with Crippen molar-refractivity contribution in [2.45, 2.75) is 30.8 Å². The van der Waals surface area contributed by atoms with Crippen LogP contribution in [-0.2, 0) is 11.8 Å². The quantitative estimate of drug-likeness (QED) is 0.737. The van der Waals surface area contributed by atoms with Crippen LogP contribution in [0, 0.1) is 12.7 Å². The van der Waals surface area contributed by atoms with Crippen LogP contribution < -0.4 is 10.3 Å². The highest BCUT2D eigenvalue weighted by molar-refractivity contribution is 8.00. The molecule has 2 heterocycles. The highest BCUT2D eigenvalue weighted by atomic mass is 32.2. The first kappa shape index (κ1) is 19.5. The molecule has 1 aliphatic heterocycles.